The summed E-state index contributed by atoms with van der Waals surface area (Å²) in [5.74, 6) is 0.992. The van der Waals surface area contributed by atoms with Crippen LogP contribution in [0.25, 0.3) is 0 Å². The molecule has 1 heterocycles. The zero-order valence-electron chi connectivity index (χ0n) is 11.6. The van der Waals surface area contributed by atoms with Gasteiger partial charge in [-0.05, 0) is 42.9 Å². The Balaban J connectivity index is 2.01. The second kappa shape index (κ2) is 7.09. The molecule has 0 bridgehead atoms. The number of halogens is 1. The molecular weight excluding hydrogens is 302 g/mol. The Morgan fingerprint density at radius 2 is 2.00 bits per heavy atom. The Hall–Kier alpha value is -0.830. The summed E-state index contributed by atoms with van der Waals surface area (Å²) in [4.78, 5) is 14.5. The number of rotatable bonds is 3. The summed E-state index contributed by atoms with van der Waals surface area (Å²) in [7, 11) is 0. The van der Waals surface area contributed by atoms with Crippen LogP contribution in [-0.4, -0.2) is 23.9 Å². The van der Waals surface area contributed by atoms with Crippen molar-refractivity contribution in [1.82, 2.24) is 4.90 Å². The van der Waals surface area contributed by atoms with E-state index in [1.165, 1.54) is 18.4 Å². The van der Waals surface area contributed by atoms with E-state index in [-0.39, 0.29) is 5.91 Å². The van der Waals surface area contributed by atoms with Gasteiger partial charge in [0, 0.05) is 24.0 Å². The van der Waals surface area contributed by atoms with E-state index in [1.54, 1.807) is 0 Å². The molecule has 3 heteroatoms. The first-order valence-electron chi connectivity index (χ1n) is 7.18. The molecule has 1 atom stereocenters. The third-order valence-electron chi connectivity index (χ3n) is 4.07. The third kappa shape index (κ3) is 3.82. The molecule has 1 aromatic carbocycles. The van der Waals surface area contributed by atoms with Crippen molar-refractivity contribution in [2.24, 2.45) is 5.92 Å². The van der Waals surface area contributed by atoms with Crippen LogP contribution >= 0.6 is 15.9 Å². The minimum absolute atomic E-state index is 0.192. The van der Waals surface area contributed by atoms with Gasteiger partial charge in [0.05, 0.1) is 0 Å². The van der Waals surface area contributed by atoms with Crippen molar-refractivity contribution in [2.45, 2.75) is 37.9 Å². The lowest BCUT2D eigenvalue weighted by Gasteiger charge is -2.20. The van der Waals surface area contributed by atoms with E-state index in [9.17, 15) is 4.79 Å². The van der Waals surface area contributed by atoms with Crippen molar-refractivity contribution in [3.05, 3.63) is 35.4 Å². The molecular formula is C16H22BrNO. The summed E-state index contributed by atoms with van der Waals surface area (Å²) >= 11 is 3.43. The first-order chi connectivity index (χ1) is 9.24. The molecule has 19 heavy (non-hydrogen) atoms. The van der Waals surface area contributed by atoms with Gasteiger partial charge < -0.3 is 4.90 Å². The summed E-state index contributed by atoms with van der Waals surface area (Å²) in [6, 6.07) is 7.94. The largest absolute Gasteiger partial charge is 0.339 e. The monoisotopic (exact) mass is 323 g/mol. The number of likely N-dealkylation sites (tertiary alicyclic amines) is 1. The van der Waals surface area contributed by atoms with Crippen LogP contribution in [0.4, 0.5) is 0 Å². The van der Waals surface area contributed by atoms with Crippen molar-refractivity contribution in [3.63, 3.8) is 0 Å². The number of hydrogen-bond acceptors (Lipinski definition) is 1. The molecule has 1 aromatic rings. The van der Waals surface area contributed by atoms with Crippen molar-refractivity contribution in [1.29, 1.82) is 0 Å². The predicted molar refractivity (Wildman–Crippen MR) is 82.6 cm³/mol. The van der Waals surface area contributed by atoms with Crippen molar-refractivity contribution >= 4 is 21.8 Å². The summed E-state index contributed by atoms with van der Waals surface area (Å²) in [5.41, 5.74) is 2.03. The van der Waals surface area contributed by atoms with E-state index < -0.39 is 0 Å². The van der Waals surface area contributed by atoms with Crippen molar-refractivity contribution < 1.29 is 4.79 Å². The van der Waals surface area contributed by atoms with Crippen LogP contribution in [-0.2, 0) is 5.33 Å². The van der Waals surface area contributed by atoms with Crippen molar-refractivity contribution in [2.75, 3.05) is 13.1 Å². The molecule has 1 fully saturated rings. The van der Waals surface area contributed by atoms with Gasteiger partial charge in [-0.25, -0.2) is 0 Å². The topological polar surface area (TPSA) is 20.3 Å². The summed E-state index contributed by atoms with van der Waals surface area (Å²) in [6.07, 6.45) is 4.80. The van der Waals surface area contributed by atoms with Crippen LogP contribution in [0.1, 0.15) is 48.5 Å². The van der Waals surface area contributed by atoms with Gasteiger partial charge in [-0.3, -0.25) is 4.79 Å². The van der Waals surface area contributed by atoms with Gasteiger partial charge in [-0.2, -0.15) is 0 Å². The van der Waals surface area contributed by atoms with Gasteiger partial charge in [0.2, 0.25) is 0 Å². The molecule has 1 amide bonds. The van der Waals surface area contributed by atoms with E-state index in [1.807, 2.05) is 29.2 Å². The quantitative estimate of drug-likeness (QED) is 0.762. The molecule has 104 valence electrons. The number of amides is 1. The molecule has 0 spiro atoms. The van der Waals surface area contributed by atoms with Gasteiger partial charge in [0.25, 0.3) is 5.91 Å². The van der Waals surface area contributed by atoms with Crippen LogP contribution < -0.4 is 0 Å². The number of benzene rings is 1. The fraction of sp³-hybridized carbons (Fsp3) is 0.562. The van der Waals surface area contributed by atoms with E-state index in [4.69, 9.17) is 0 Å². The van der Waals surface area contributed by atoms with Gasteiger partial charge in [0.15, 0.2) is 0 Å². The first-order valence-corrected chi connectivity index (χ1v) is 8.31. The highest BCUT2D eigenvalue weighted by Gasteiger charge is 2.20. The fourth-order valence-corrected chi connectivity index (χ4v) is 3.07. The zero-order chi connectivity index (χ0) is 13.7. The molecule has 2 rings (SSSR count). The van der Waals surface area contributed by atoms with E-state index >= 15 is 0 Å². The average molecular weight is 324 g/mol. The zero-order valence-corrected chi connectivity index (χ0v) is 13.2. The first kappa shape index (κ1) is 14.6. The number of alkyl halides is 1. The van der Waals surface area contributed by atoms with E-state index in [2.05, 4.69) is 22.9 Å². The minimum Gasteiger partial charge on any atom is -0.339 e. The van der Waals surface area contributed by atoms with E-state index in [0.717, 1.165) is 42.7 Å². The van der Waals surface area contributed by atoms with Crippen LogP contribution in [0.5, 0.6) is 0 Å². The molecule has 1 unspecified atom stereocenters. The molecule has 0 aliphatic carbocycles. The molecule has 1 aliphatic heterocycles. The molecule has 0 aromatic heterocycles. The lowest BCUT2D eigenvalue weighted by Crippen LogP contribution is -2.32. The Kier molecular flexibility index (Phi) is 5.44. The van der Waals surface area contributed by atoms with Gasteiger partial charge in [-0.1, -0.05) is 41.4 Å². The summed E-state index contributed by atoms with van der Waals surface area (Å²) in [5, 5.41) is 0.837. The fourth-order valence-electron chi connectivity index (χ4n) is 2.70. The number of carbonyl (C=O) groups excluding carboxylic acids is 1. The van der Waals surface area contributed by atoms with Crippen LogP contribution in [0.2, 0.25) is 0 Å². The maximum absolute atomic E-state index is 12.5. The standard InChI is InChI=1S/C16H22BrNO/c1-2-13-4-3-10-18(11-9-13)16(19)15-7-5-14(12-17)6-8-15/h5-8,13H,2-4,9-12H2,1H3. The molecule has 1 aliphatic rings. The Morgan fingerprint density at radius 3 is 2.63 bits per heavy atom. The molecule has 2 nitrogen and oxygen atoms in total. The molecule has 1 saturated heterocycles. The molecule has 0 radical (unpaired) electrons. The van der Waals surface area contributed by atoms with Gasteiger partial charge >= 0.3 is 0 Å². The highest BCUT2D eigenvalue weighted by molar-refractivity contribution is 9.08. The van der Waals surface area contributed by atoms with Crippen molar-refractivity contribution in [3.8, 4) is 0 Å². The van der Waals surface area contributed by atoms with E-state index in [0.29, 0.717) is 0 Å². The number of hydrogen-bond donors (Lipinski definition) is 0. The predicted octanol–water partition coefficient (Wildman–Crippen LogP) is 4.23. The maximum Gasteiger partial charge on any atom is 0.253 e. The normalized spacial score (nSPS) is 20.1. The Labute approximate surface area is 124 Å². The summed E-state index contributed by atoms with van der Waals surface area (Å²) < 4.78 is 0. The van der Waals surface area contributed by atoms with Crippen LogP contribution in [0.15, 0.2) is 24.3 Å². The Bertz CT molecular complexity index is 415. The lowest BCUT2D eigenvalue weighted by molar-refractivity contribution is 0.0760. The van der Waals surface area contributed by atoms with Gasteiger partial charge in [0.1, 0.15) is 0 Å². The van der Waals surface area contributed by atoms with Gasteiger partial charge in [-0.15, -0.1) is 0 Å². The molecule has 0 saturated carbocycles. The summed E-state index contributed by atoms with van der Waals surface area (Å²) in [6.45, 7) is 4.08. The highest BCUT2D eigenvalue weighted by Crippen LogP contribution is 2.21. The second-order valence-corrected chi connectivity index (χ2v) is 5.89. The molecule has 0 N–H and O–H groups in total. The number of carbonyl (C=O) groups is 1. The number of nitrogens with zero attached hydrogens (tertiary/aromatic N) is 1. The second-order valence-electron chi connectivity index (χ2n) is 5.33. The SMILES string of the molecule is CCC1CCCN(C(=O)c2ccc(CBr)cc2)CC1. The maximum atomic E-state index is 12.5. The Morgan fingerprint density at radius 1 is 1.26 bits per heavy atom. The third-order valence-corrected chi connectivity index (χ3v) is 4.71. The highest BCUT2D eigenvalue weighted by atomic mass is 79.9. The minimum atomic E-state index is 0.192. The van der Waals surface area contributed by atoms with Crippen LogP contribution in [0.3, 0.4) is 0 Å². The van der Waals surface area contributed by atoms with Crippen LogP contribution in [0, 0.1) is 5.92 Å². The lowest BCUT2D eigenvalue weighted by atomic mass is 9.98. The smallest absolute Gasteiger partial charge is 0.253 e. The average Bonchev–Trinajstić information content (AvgIpc) is 2.72.